The van der Waals surface area contributed by atoms with Crippen LogP contribution in [0.15, 0.2) is 23.0 Å². The smallest absolute Gasteiger partial charge is 0.0638 e. The Morgan fingerprint density at radius 2 is 2.36 bits per heavy atom. The minimum Gasteiger partial charge on any atom is -0.398 e. The van der Waals surface area contributed by atoms with Gasteiger partial charge in [-0.15, -0.1) is 0 Å². The lowest BCUT2D eigenvalue weighted by Crippen LogP contribution is -2.30. The van der Waals surface area contributed by atoms with Gasteiger partial charge in [-0.25, -0.2) is 0 Å². The van der Waals surface area contributed by atoms with Gasteiger partial charge in [0.2, 0.25) is 0 Å². The summed E-state index contributed by atoms with van der Waals surface area (Å²) in [5, 5.41) is 0.829. The first-order chi connectivity index (χ1) is 5.15. The Bertz CT molecular complexity index is 208. The van der Waals surface area contributed by atoms with Crippen LogP contribution in [0.1, 0.15) is 13.3 Å². The molecule has 2 N–H and O–H groups in total. The van der Waals surface area contributed by atoms with Crippen LogP contribution >= 0.6 is 11.6 Å². The highest BCUT2D eigenvalue weighted by Crippen LogP contribution is 2.22. The fourth-order valence-corrected chi connectivity index (χ4v) is 1.73. The SMILES string of the molecule is CCC1C(Cl)=CC(N)=CN1C. The molecule has 0 bridgehead atoms. The Morgan fingerprint density at radius 3 is 2.82 bits per heavy atom. The summed E-state index contributed by atoms with van der Waals surface area (Å²) in [7, 11) is 1.98. The Balaban J connectivity index is 2.82. The second-order valence-electron chi connectivity index (χ2n) is 2.75. The number of halogens is 1. The zero-order valence-corrected chi connectivity index (χ0v) is 7.60. The molecule has 0 aliphatic carbocycles. The molecule has 1 rings (SSSR count). The molecule has 0 aromatic heterocycles. The van der Waals surface area contributed by atoms with E-state index in [2.05, 4.69) is 6.92 Å². The standard InChI is InChI=1S/C8H13ClN2/c1-3-8-7(9)4-6(10)5-11(8)2/h4-5,8H,3,10H2,1-2H3. The first-order valence-corrected chi connectivity index (χ1v) is 4.09. The van der Waals surface area contributed by atoms with Crippen molar-refractivity contribution < 1.29 is 0 Å². The molecule has 0 saturated heterocycles. The van der Waals surface area contributed by atoms with Crippen LogP contribution < -0.4 is 5.73 Å². The molecule has 1 aliphatic rings. The number of nitrogens with zero attached hydrogens (tertiary/aromatic N) is 1. The molecule has 62 valence electrons. The maximum Gasteiger partial charge on any atom is 0.0638 e. The van der Waals surface area contributed by atoms with Crippen LogP contribution in [0.25, 0.3) is 0 Å². The van der Waals surface area contributed by atoms with Crippen LogP contribution in [-0.2, 0) is 0 Å². The lowest BCUT2D eigenvalue weighted by atomic mass is 10.1. The first kappa shape index (κ1) is 8.47. The van der Waals surface area contributed by atoms with Crippen molar-refractivity contribution in [2.24, 2.45) is 5.73 Å². The molecule has 0 amide bonds. The summed E-state index contributed by atoms with van der Waals surface area (Å²) in [6.07, 6.45) is 4.73. The Morgan fingerprint density at radius 1 is 1.73 bits per heavy atom. The van der Waals surface area contributed by atoms with Crippen LogP contribution in [0, 0.1) is 0 Å². The minimum absolute atomic E-state index is 0.309. The summed E-state index contributed by atoms with van der Waals surface area (Å²) in [5.74, 6) is 0. The summed E-state index contributed by atoms with van der Waals surface area (Å²) in [5.41, 5.74) is 6.32. The van der Waals surface area contributed by atoms with Gasteiger partial charge in [0.1, 0.15) is 0 Å². The van der Waals surface area contributed by atoms with E-state index < -0.39 is 0 Å². The number of hydrogen-bond donors (Lipinski definition) is 1. The summed E-state index contributed by atoms with van der Waals surface area (Å²) in [6.45, 7) is 2.10. The number of likely N-dealkylation sites (N-methyl/N-ethyl adjacent to an activating group) is 1. The van der Waals surface area contributed by atoms with Crippen LogP contribution in [0.2, 0.25) is 0 Å². The maximum absolute atomic E-state index is 5.97. The highest BCUT2D eigenvalue weighted by Gasteiger charge is 2.17. The van der Waals surface area contributed by atoms with Gasteiger partial charge in [-0.2, -0.15) is 0 Å². The van der Waals surface area contributed by atoms with Crippen molar-refractivity contribution in [3.8, 4) is 0 Å². The van der Waals surface area contributed by atoms with Gasteiger partial charge in [-0.1, -0.05) is 18.5 Å². The molecule has 3 heteroatoms. The normalized spacial score (nSPS) is 24.6. The molecule has 0 radical (unpaired) electrons. The van der Waals surface area contributed by atoms with Crippen LogP contribution in [0.5, 0.6) is 0 Å². The van der Waals surface area contributed by atoms with Crippen LogP contribution in [-0.4, -0.2) is 18.0 Å². The summed E-state index contributed by atoms with van der Waals surface area (Å²) in [4.78, 5) is 2.04. The molecule has 0 fully saturated rings. The maximum atomic E-state index is 5.97. The van der Waals surface area contributed by atoms with Gasteiger partial charge in [0, 0.05) is 24.0 Å². The van der Waals surface area contributed by atoms with Crippen molar-refractivity contribution in [3.05, 3.63) is 23.0 Å². The third kappa shape index (κ3) is 1.69. The Kier molecular flexibility index (Phi) is 2.45. The highest BCUT2D eigenvalue weighted by molar-refractivity contribution is 6.30. The van der Waals surface area contributed by atoms with Crippen molar-refractivity contribution in [3.63, 3.8) is 0 Å². The average molecular weight is 173 g/mol. The van der Waals surface area contributed by atoms with Crippen molar-refractivity contribution >= 4 is 11.6 Å². The van der Waals surface area contributed by atoms with E-state index in [0.29, 0.717) is 6.04 Å². The summed E-state index contributed by atoms with van der Waals surface area (Å²) >= 11 is 5.97. The summed E-state index contributed by atoms with van der Waals surface area (Å²) in [6, 6.07) is 0.309. The van der Waals surface area contributed by atoms with E-state index in [-0.39, 0.29) is 0 Å². The zero-order chi connectivity index (χ0) is 8.43. The van der Waals surface area contributed by atoms with Gasteiger partial charge < -0.3 is 10.6 Å². The van der Waals surface area contributed by atoms with Crippen molar-refractivity contribution in [2.45, 2.75) is 19.4 Å². The molecule has 0 aromatic rings. The van der Waals surface area contributed by atoms with Crippen molar-refractivity contribution in [1.29, 1.82) is 0 Å². The fraction of sp³-hybridized carbons (Fsp3) is 0.500. The lowest BCUT2D eigenvalue weighted by Gasteiger charge is -2.28. The highest BCUT2D eigenvalue weighted by atomic mass is 35.5. The molecule has 1 aliphatic heterocycles. The van der Waals surface area contributed by atoms with E-state index in [4.69, 9.17) is 17.3 Å². The predicted octanol–water partition coefficient (Wildman–Crippen LogP) is 1.63. The molecule has 11 heavy (non-hydrogen) atoms. The van der Waals surface area contributed by atoms with Gasteiger partial charge in [0.05, 0.1) is 6.04 Å². The Labute approximate surface area is 72.3 Å². The van der Waals surface area contributed by atoms with Gasteiger partial charge in [-0.3, -0.25) is 0 Å². The second kappa shape index (κ2) is 3.18. The molecule has 0 spiro atoms. The van der Waals surface area contributed by atoms with Gasteiger partial charge in [0.15, 0.2) is 0 Å². The second-order valence-corrected chi connectivity index (χ2v) is 3.18. The van der Waals surface area contributed by atoms with E-state index in [1.807, 2.05) is 24.2 Å². The number of rotatable bonds is 1. The van der Waals surface area contributed by atoms with Crippen molar-refractivity contribution in [1.82, 2.24) is 4.90 Å². The number of hydrogen-bond acceptors (Lipinski definition) is 2. The number of nitrogens with two attached hydrogens (primary N) is 1. The van der Waals surface area contributed by atoms with Gasteiger partial charge in [-0.05, 0) is 12.5 Å². The van der Waals surface area contributed by atoms with E-state index in [0.717, 1.165) is 17.2 Å². The molecular weight excluding hydrogens is 160 g/mol. The molecule has 1 unspecified atom stereocenters. The largest absolute Gasteiger partial charge is 0.398 e. The Hall–Kier alpha value is -0.630. The third-order valence-corrected chi connectivity index (χ3v) is 2.21. The predicted molar refractivity (Wildman–Crippen MR) is 48.0 cm³/mol. The molecule has 0 saturated carbocycles. The average Bonchev–Trinajstić information content (AvgIpc) is 1.85. The third-order valence-electron chi connectivity index (χ3n) is 1.85. The van der Waals surface area contributed by atoms with E-state index >= 15 is 0 Å². The monoisotopic (exact) mass is 172 g/mol. The fourth-order valence-electron chi connectivity index (χ4n) is 1.30. The lowest BCUT2D eigenvalue weighted by molar-refractivity contribution is 0.362. The summed E-state index contributed by atoms with van der Waals surface area (Å²) < 4.78 is 0. The molecular formula is C8H13ClN2. The van der Waals surface area contributed by atoms with E-state index in [9.17, 15) is 0 Å². The number of allylic oxidation sites excluding steroid dienone is 1. The van der Waals surface area contributed by atoms with E-state index in [1.54, 1.807) is 0 Å². The molecule has 0 aromatic carbocycles. The molecule has 2 nitrogen and oxygen atoms in total. The zero-order valence-electron chi connectivity index (χ0n) is 6.84. The van der Waals surface area contributed by atoms with Crippen molar-refractivity contribution in [2.75, 3.05) is 7.05 Å². The minimum atomic E-state index is 0.309. The van der Waals surface area contributed by atoms with Crippen LogP contribution in [0.3, 0.4) is 0 Å². The molecule has 1 atom stereocenters. The quantitative estimate of drug-likeness (QED) is 0.652. The molecule has 1 heterocycles. The van der Waals surface area contributed by atoms with Gasteiger partial charge >= 0.3 is 0 Å². The van der Waals surface area contributed by atoms with Gasteiger partial charge in [0.25, 0.3) is 0 Å². The van der Waals surface area contributed by atoms with Crippen LogP contribution in [0.4, 0.5) is 0 Å². The van der Waals surface area contributed by atoms with E-state index in [1.165, 1.54) is 0 Å². The first-order valence-electron chi connectivity index (χ1n) is 3.71. The topological polar surface area (TPSA) is 29.3 Å².